The van der Waals surface area contributed by atoms with Crippen molar-refractivity contribution in [3.05, 3.63) is 87.7 Å². The Hall–Kier alpha value is -1.92. The summed E-state index contributed by atoms with van der Waals surface area (Å²) in [5, 5.41) is 10.6. The smallest absolute Gasteiger partial charge is 0.681 e. The fraction of sp³-hybridized carbons (Fsp3) is 0.559. The minimum atomic E-state index is 0. The van der Waals surface area contributed by atoms with Gasteiger partial charge in [-0.15, -0.1) is 29.2 Å². The zero-order valence-corrected chi connectivity index (χ0v) is 26.7. The maximum Gasteiger partial charge on any atom is 2.00 e. The molecule has 0 aliphatic heterocycles. The van der Waals surface area contributed by atoms with Crippen molar-refractivity contribution in [3.8, 4) is 0 Å². The summed E-state index contributed by atoms with van der Waals surface area (Å²) in [7, 11) is 0. The molecule has 37 heavy (non-hydrogen) atoms. The second-order valence-electron chi connectivity index (χ2n) is 13.5. The molecule has 2 rings (SSSR count). The van der Waals surface area contributed by atoms with E-state index in [2.05, 4.69) is 139 Å². The molecule has 0 amide bonds. The van der Waals surface area contributed by atoms with Crippen molar-refractivity contribution in [2.45, 2.75) is 109 Å². The SMILES string of the molecule is C=C=CC(C)(C)C.Cc1cccc(C)c1[N-]C(CC([N-]c1c(C)cccc1C)C(C)(C)C)C(C)(C)C.[Cu+2]. The van der Waals surface area contributed by atoms with E-state index >= 15 is 0 Å². The predicted molar refractivity (Wildman–Crippen MR) is 162 cm³/mol. The Morgan fingerprint density at radius 2 is 0.973 bits per heavy atom. The molecule has 0 saturated carbocycles. The third-order valence-corrected chi connectivity index (χ3v) is 6.43. The molecule has 2 unspecified atom stereocenters. The van der Waals surface area contributed by atoms with Gasteiger partial charge in [-0.2, -0.15) is 0 Å². The van der Waals surface area contributed by atoms with Gasteiger partial charge in [0.2, 0.25) is 0 Å². The summed E-state index contributed by atoms with van der Waals surface area (Å²) in [6.07, 6.45) is 2.89. The number of nitrogens with zero attached hydrogens (tertiary/aromatic N) is 2. The summed E-state index contributed by atoms with van der Waals surface area (Å²) in [5.74, 6) is 0. The van der Waals surface area contributed by atoms with Crippen molar-refractivity contribution in [1.29, 1.82) is 0 Å². The Balaban J connectivity index is 0.00000142. The zero-order chi connectivity index (χ0) is 27.9. The first-order valence-corrected chi connectivity index (χ1v) is 13.3. The normalized spacial score (nSPS) is 13.2. The molecule has 0 fully saturated rings. The van der Waals surface area contributed by atoms with Crippen LogP contribution in [0.15, 0.2) is 54.8 Å². The van der Waals surface area contributed by atoms with Crippen LogP contribution in [0, 0.1) is 43.9 Å². The van der Waals surface area contributed by atoms with E-state index in [1.807, 2.05) is 6.08 Å². The van der Waals surface area contributed by atoms with Gasteiger partial charge in [0.15, 0.2) is 0 Å². The van der Waals surface area contributed by atoms with Gasteiger partial charge in [0.1, 0.15) is 0 Å². The molecule has 0 heterocycles. The molecule has 0 N–H and O–H groups in total. The molecule has 1 radical (unpaired) electrons. The van der Waals surface area contributed by atoms with Crippen LogP contribution in [-0.2, 0) is 17.1 Å². The van der Waals surface area contributed by atoms with Gasteiger partial charge in [-0.05, 0) is 39.2 Å². The van der Waals surface area contributed by atoms with Crippen molar-refractivity contribution in [2.24, 2.45) is 16.2 Å². The van der Waals surface area contributed by atoms with E-state index in [0.29, 0.717) is 0 Å². The summed E-state index contributed by atoms with van der Waals surface area (Å²) in [4.78, 5) is 0. The van der Waals surface area contributed by atoms with Crippen molar-refractivity contribution >= 4 is 11.4 Å². The van der Waals surface area contributed by atoms with Crippen LogP contribution in [0.2, 0.25) is 0 Å². The second-order valence-corrected chi connectivity index (χ2v) is 13.5. The second kappa shape index (κ2) is 14.3. The topological polar surface area (TPSA) is 28.2 Å². The summed E-state index contributed by atoms with van der Waals surface area (Å²) in [6.45, 7) is 32.3. The fourth-order valence-corrected chi connectivity index (χ4v) is 4.05. The van der Waals surface area contributed by atoms with Gasteiger partial charge in [0.25, 0.3) is 0 Å². The Bertz CT molecular complexity index is 915. The number of benzene rings is 2. The summed E-state index contributed by atoms with van der Waals surface area (Å²) in [6, 6.07) is 13.3. The monoisotopic (exact) mass is 551 g/mol. The maximum absolute atomic E-state index is 5.31. The van der Waals surface area contributed by atoms with E-state index in [-0.39, 0.29) is 45.4 Å². The molecule has 2 aromatic rings. The van der Waals surface area contributed by atoms with Crippen LogP contribution in [0.25, 0.3) is 10.6 Å². The Morgan fingerprint density at radius 3 is 1.16 bits per heavy atom. The van der Waals surface area contributed by atoms with Crippen molar-refractivity contribution < 1.29 is 17.1 Å². The largest absolute Gasteiger partial charge is 2.00 e. The molecule has 0 aliphatic carbocycles. The number of hydrogen-bond acceptors (Lipinski definition) is 0. The van der Waals surface area contributed by atoms with Gasteiger partial charge in [-0.25, -0.2) is 0 Å². The van der Waals surface area contributed by atoms with Crippen LogP contribution < -0.4 is 0 Å². The predicted octanol–water partition coefficient (Wildman–Crippen LogP) is 11.2. The van der Waals surface area contributed by atoms with E-state index in [9.17, 15) is 0 Å². The van der Waals surface area contributed by atoms with Crippen LogP contribution in [0.5, 0.6) is 0 Å². The molecule has 2 atom stereocenters. The number of aryl methyl sites for hydroxylation is 4. The first-order chi connectivity index (χ1) is 16.4. The number of para-hydroxylation sites is 2. The van der Waals surface area contributed by atoms with Crippen molar-refractivity contribution in [2.75, 3.05) is 0 Å². The molecule has 0 spiro atoms. The van der Waals surface area contributed by atoms with E-state index in [1.54, 1.807) is 0 Å². The maximum atomic E-state index is 5.31. The van der Waals surface area contributed by atoms with Crippen molar-refractivity contribution in [1.82, 2.24) is 0 Å². The average Bonchev–Trinajstić information content (AvgIpc) is 2.69. The van der Waals surface area contributed by atoms with Gasteiger partial charge in [0.05, 0.1) is 0 Å². The average molecular weight is 552 g/mol. The summed E-state index contributed by atoms with van der Waals surface area (Å²) < 4.78 is 0. The number of hydrogen-bond donors (Lipinski definition) is 0. The minimum absolute atomic E-state index is 0. The Kier molecular flexibility index (Phi) is 13.6. The molecule has 3 heteroatoms. The van der Waals surface area contributed by atoms with Crippen LogP contribution in [0.4, 0.5) is 11.4 Å². The van der Waals surface area contributed by atoms with Crippen LogP contribution in [-0.4, -0.2) is 12.1 Å². The van der Waals surface area contributed by atoms with Gasteiger partial charge in [-0.3, -0.25) is 0 Å². The standard InChI is InChI=1S/C27H40N2.C7H12.Cu/c1-18-13-11-14-19(2)24(18)28-22(26(5,6)7)17-23(27(8,9)10)29-25-20(3)15-12-16-21(25)4;1-5-6-7(2,3)4;/h11-16,22-23H,17H2,1-10H3;6H,1H2,2-4H3;/q-2;;+2. The molecule has 0 saturated heterocycles. The fourth-order valence-electron chi connectivity index (χ4n) is 4.05. The minimum Gasteiger partial charge on any atom is -0.681 e. The first kappa shape index (κ1) is 35.1. The Labute approximate surface area is 240 Å². The van der Waals surface area contributed by atoms with Gasteiger partial charge < -0.3 is 10.6 Å². The third-order valence-electron chi connectivity index (χ3n) is 6.43. The first-order valence-electron chi connectivity index (χ1n) is 13.3. The quantitative estimate of drug-likeness (QED) is 0.252. The molecule has 0 aromatic heterocycles. The molecule has 0 bridgehead atoms. The van der Waals surface area contributed by atoms with Gasteiger partial charge in [-0.1, -0.05) is 145 Å². The van der Waals surface area contributed by atoms with E-state index in [0.717, 1.165) is 17.8 Å². The molecule has 209 valence electrons. The molecule has 0 aliphatic rings. The molecule has 2 aromatic carbocycles. The van der Waals surface area contributed by atoms with E-state index in [4.69, 9.17) is 10.6 Å². The molecular formula is C34H52CuN2. The van der Waals surface area contributed by atoms with Crippen LogP contribution >= 0.6 is 0 Å². The summed E-state index contributed by atoms with van der Waals surface area (Å²) in [5.41, 5.74) is 10.4. The number of rotatable bonds is 6. The molecule has 2 nitrogen and oxygen atoms in total. The van der Waals surface area contributed by atoms with Gasteiger partial charge >= 0.3 is 17.1 Å². The van der Waals surface area contributed by atoms with Crippen LogP contribution in [0.3, 0.4) is 0 Å². The summed E-state index contributed by atoms with van der Waals surface area (Å²) >= 11 is 0. The van der Waals surface area contributed by atoms with Crippen molar-refractivity contribution in [3.63, 3.8) is 0 Å². The molecular weight excluding hydrogens is 500 g/mol. The third kappa shape index (κ3) is 12.0. The number of allylic oxidation sites excluding steroid dienone is 1. The van der Waals surface area contributed by atoms with E-state index in [1.165, 1.54) is 22.3 Å². The Morgan fingerprint density at radius 1 is 0.676 bits per heavy atom. The van der Waals surface area contributed by atoms with Crippen LogP contribution in [0.1, 0.15) is 91.0 Å². The van der Waals surface area contributed by atoms with E-state index < -0.39 is 0 Å². The van der Waals surface area contributed by atoms with Gasteiger partial charge in [0, 0.05) is 0 Å². The zero-order valence-electron chi connectivity index (χ0n) is 25.8.